The van der Waals surface area contributed by atoms with Gasteiger partial charge < -0.3 is 20.3 Å². The molecule has 0 aliphatic heterocycles. The fraction of sp³-hybridized carbons (Fsp3) is 0.867. The minimum Gasteiger partial charge on any atom is -0.466 e. The molecule has 0 aliphatic rings. The lowest BCUT2D eigenvalue weighted by molar-refractivity contribution is -0.143. The van der Waals surface area contributed by atoms with Gasteiger partial charge in [-0.25, -0.2) is 0 Å². The fourth-order valence-corrected chi connectivity index (χ4v) is 11.3. The molecule has 81 heavy (non-hydrogen) atoms. The lowest BCUT2D eigenvalue weighted by Gasteiger charge is -2.20. The first-order valence-electron chi connectivity index (χ1n) is 36.4. The Morgan fingerprint density at radius 3 is 0.963 bits per heavy atom. The number of ether oxygens (including phenoxy) is 1. The van der Waals surface area contributed by atoms with E-state index in [1.165, 1.54) is 315 Å². The number of carbonyl (C=O) groups excluding carboxylic acids is 2. The summed E-state index contributed by atoms with van der Waals surface area (Å²) < 4.78 is 5.50. The standard InChI is InChI=1S/C75H141NO5/c1-3-5-7-9-11-13-15-17-19-21-32-35-39-43-47-51-55-59-63-67-73(78)72(71-77)76-74(79)68-64-60-56-52-48-44-40-36-33-30-28-26-24-23-25-27-29-31-34-38-42-46-50-54-58-62-66-70-81-75(80)69-65-61-57-53-49-45-41-37-22-20-18-16-14-12-10-8-6-4-2/h14,16,20,22-24,63,67,72-73,77-78H,3-13,15,17-19,21,25-62,64-66,68-71H2,1-2H3,(H,76,79)/b16-14-,22-20-,24-23-,67-63+. The molecule has 0 bridgehead atoms. The second-order valence-electron chi connectivity index (χ2n) is 24.9. The van der Waals surface area contributed by atoms with Gasteiger partial charge in [-0.05, 0) is 89.9 Å². The third-order valence-corrected chi connectivity index (χ3v) is 16.8. The Hall–Kier alpha value is -2.18. The van der Waals surface area contributed by atoms with E-state index in [9.17, 15) is 19.8 Å². The molecule has 0 aliphatic carbocycles. The summed E-state index contributed by atoms with van der Waals surface area (Å²) in [5.74, 6) is -0.0583. The summed E-state index contributed by atoms with van der Waals surface area (Å²) in [6, 6.07) is -0.630. The van der Waals surface area contributed by atoms with E-state index in [-0.39, 0.29) is 18.5 Å². The van der Waals surface area contributed by atoms with Gasteiger partial charge in [-0.1, -0.05) is 339 Å². The molecule has 0 saturated heterocycles. The Morgan fingerprint density at radius 1 is 0.346 bits per heavy atom. The smallest absolute Gasteiger partial charge is 0.305 e. The van der Waals surface area contributed by atoms with Crippen LogP contribution in [0, 0.1) is 0 Å². The van der Waals surface area contributed by atoms with Crippen molar-refractivity contribution in [1.29, 1.82) is 0 Å². The lowest BCUT2D eigenvalue weighted by atomic mass is 10.0. The highest BCUT2D eigenvalue weighted by molar-refractivity contribution is 5.76. The summed E-state index contributed by atoms with van der Waals surface area (Å²) in [6.45, 7) is 4.91. The number of aliphatic hydroxyl groups excluding tert-OH is 2. The zero-order chi connectivity index (χ0) is 58.5. The van der Waals surface area contributed by atoms with Crippen LogP contribution >= 0.6 is 0 Å². The molecule has 476 valence electrons. The van der Waals surface area contributed by atoms with E-state index >= 15 is 0 Å². The minimum atomic E-state index is -0.846. The Kier molecular flexibility index (Phi) is 68.4. The van der Waals surface area contributed by atoms with E-state index in [1.54, 1.807) is 6.08 Å². The molecule has 0 spiro atoms. The molecule has 0 fully saturated rings. The molecule has 0 saturated carbocycles. The van der Waals surface area contributed by atoms with Crippen LogP contribution < -0.4 is 5.32 Å². The van der Waals surface area contributed by atoms with E-state index < -0.39 is 12.1 Å². The summed E-state index contributed by atoms with van der Waals surface area (Å²) in [4.78, 5) is 24.6. The minimum absolute atomic E-state index is 0.00767. The van der Waals surface area contributed by atoms with Crippen molar-refractivity contribution in [1.82, 2.24) is 5.32 Å². The van der Waals surface area contributed by atoms with E-state index in [1.807, 2.05) is 6.08 Å². The highest BCUT2D eigenvalue weighted by Crippen LogP contribution is 2.18. The molecule has 6 nitrogen and oxygen atoms in total. The molecule has 0 heterocycles. The van der Waals surface area contributed by atoms with Crippen LogP contribution in [0.5, 0.6) is 0 Å². The third kappa shape index (κ3) is 66.8. The second kappa shape index (κ2) is 70.3. The Balaban J connectivity index is 3.41. The first-order chi connectivity index (χ1) is 40.0. The highest BCUT2D eigenvalue weighted by Gasteiger charge is 2.18. The van der Waals surface area contributed by atoms with E-state index in [2.05, 4.69) is 55.6 Å². The first-order valence-corrected chi connectivity index (χ1v) is 36.4. The number of amides is 1. The van der Waals surface area contributed by atoms with E-state index in [4.69, 9.17) is 4.74 Å². The number of rotatable bonds is 68. The SMILES string of the molecule is CCCCCC/C=C\C/C=C\CCCCCCCCCC(=O)OCCCCCCCCCCCCCC/C=C\CCCCCCCCCCCCCC(=O)NC(CO)C(O)/C=C/CCCCCCCCCCCCCCCCCCC. The van der Waals surface area contributed by atoms with Gasteiger partial charge in [0.2, 0.25) is 5.91 Å². The van der Waals surface area contributed by atoms with Gasteiger partial charge in [0.1, 0.15) is 0 Å². The van der Waals surface area contributed by atoms with E-state index in [0.29, 0.717) is 19.4 Å². The van der Waals surface area contributed by atoms with Gasteiger partial charge in [-0.15, -0.1) is 0 Å². The molecule has 0 aromatic rings. The molecule has 6 heteroatoms. The summed E-state index contributed by atoms with van der Waals surface area (Å²) in [5.41, 5.74) is 0. The first kappa shape index (κ1) is 78.8. The van der Waals surface area contributed by atoms with E-state index in [0.717, 1.165) is 51.4 Å². The fourth-order valence-electron chi connectivity index (χ4n) is 11.3. The third-order valence-electron chi connectivity index (χ3n) is 16.8. The maximum absolute atomic E-state index is 12.5. The van der Waals surface area contributed by atoms with Gasteiger partial charge in [0.05, 0.1) is 25.4 Å². The van der Waals surface area contributed by atoms with Crippen LogP contribution in [0.15, 0.2) is 48.6 Å². The van der Waals surface area contributed by atoms with Crippen molar-refractivity contribution >= 4 is 11.9 Å². The van der Waals surface area contributed by atoms with Crippen molar-refractivity contribution in [3.05, 3.63) is 48.6 Å². The van der Waals surface area contributed by atoms with Crippen molar-refractivity contribution in [2.24, 2.45) is 0 Å². The summed E-state index contributed by atoms with van der Waals surface area (Å²) >= 11 is 0. The zero-order valence-corrected chi connectivity index (χ0v) is 54.5. The molecule has 3 N–H and O–H groups in total. The number of allylic oxidation sites excluding steroid dienone is 7. The molecular weight excluding hydrogens is 995 g/mol. The highest BCUT2D eigenvalue weighted by atomic mass is 16.5. The van der Waals surface area contributed by atoms with Gasteiger partial charge in [-0.3, -0.25) is 9.59 Å². The summed E-state index contributed by atoms with van der Waals surface area (Å²) in [6.07, 6.45) is 91.9. The molecule has 0 radical (unpaired) electrons. The summed E-state index contributed by atoms with van der Waals surface area (Å²) in [5, 5.41) is 23.2. The number of hydrogen-bond acceptors (Lipinski definition) is 5. The number of esters is 1. The summed E-state index contributed by atoms with van der Waals surface area (Å²) in [7, 11) is 0. The molecule has 0 aromatic carbocycles. The number of unbranched alkanes of at least 4 members (excludes halogenated alkanes) is 51. The quantitative estimate of drug-likeness (QED) is 0.0320. The molecule has 0 aromatic heterocycles. The predicted molar refractivity (Wildman–Crippen MR) is 356 cm³/mol. The maximum Gasteiger partial charge on any atom is 0.305 e. The van der Waals surface area contributed by atoms with Crippen LogP contribution in [0.25, 0.3) is 0 Å². The van der Waals surface area contributed by atoms with Crippen molar-refractivity contribution in [3.63, 3.8) is 0 Å². The number of carbonyl (C=O) groups is 2. The average Bonchev–Trinajstić information content (AvgIpc) is 3.47. The van der Waals surface area contributed by atoms with Crippen LogP contribution in [0.2, 0.25) is 0 Å². The van der Waals surface area contributed by atoms with Crippen LogP contribution in [0.1, 0.15) is 393 Å². The van der Waals surface area contributed by atoms with Gasteiger partial charge in [0, 0.05) is 12.8 Å². The molecule has 2 unspecified atom stereocenters. The predicted octanol–water partition coefficient (Wildman–Crippen LogP) is 23.6. The molecule has 0 rings (SSSR count). The van der Waals surface area contributed by atoms with Crippen LogP contribution in [0.3, 0.4) is 0 Å². The van der Waals surface area contributed by atoms with Crippen molar-refractivity contribution in [3.8, 4) is 0 Å². The molecular formula is C75H141NO5. The normalized spacial score (nSPS) is 12.8. The largest absolute Gasteiger partial charge is 0.466 e. The van der Waals surface area contributed by atoms with Crippen molar-refractivity contribution < 1.29 is 24.5 Å². The number of hydrogen-bond donors (Lipinski definition) is 3. The topological polar surface area (TPSA) is 95.9 Å². The van der Waals surface area contributed by atoms with Gasteiger partial charge in [0.25, 0.3) is 0 Å². The Bertz CT molecular complexity index is 1360. The zero-order valence-electron chi connectivity index (χ0n) is 54.5. The molecule has 2 atom stereocenters. The second-order valence-corrected chi connectivity index (χ2v) is 24.9. The number of aliphatic hydroxyl groups is 2. The molecule has 1 amide bonds. The van der Waals surface area contributed by atoms with Crippen LogP contribution in [-0.4, -0.2) is 47.4 Å². The van der Waals surface area contributed by atoms with Gasteiger partial charge in [-0.2, -0.15) is 0 Å². The number of nitrogens with one attached hydrogen (secondary N) is 1. The van der Waals surface area contributed by atoms with Crippen LogP contribution in [-0.2, 0) is 14.3 Å². The van der Waals surface area contributed by atoms with Gasteiger partial charge in [0.15, 0.2) is 0 Å². The van der Waals surface area contributed by atoms with Gasteiger partial charge >= 0.3 is 5.97 Å². The van der Waals surface area contributed by atoms with Crippen LogP contribution in [0.4, 0.5) is 0 Å². The average molecular weight is 1140 g/mol. The van der Waals surface area contributed by atoms with Crippen molar-refractivity contribution in [2.75, 3.05) is 13.2 Å². The Morgan fingerprint density at radius 2 is 0.617 bits per heavy atom. The Labute approximate surface area is 506 Å². The lowest BCUT2D eigenvalue weighted by Crippen LogP contribution is -2.45. The monoisotopic (exact) mass is 1140 g/mol. The van der Waals surface area contributed by atoms with Crippen molar-refractivity contribution in [2.45, 2.75) is 405 Å². The maximum atomic E-state index is 12.5.